The smallest absolute Gasteiger partial charge is 0.418 e. The highest BCUT2D eigenvalue weighted by Crippen LogP contribution is 2.36. The largest absolute Gasteiger partial charge is 0.481 e. The Kier molecular flexibility index (Phi) is 8.96. The number of anilines is 1. The summed E-state index contributed by atoms with van der Waals surface area (Å²) in [6, 6.07) is 16.6. The quantitative estimate of drug-likeness (QED) is 0.300. The van der Waals surface area contributed by atoms with Gasteiger partial charge in [-0.1, -0.05) is 50.2 Å². The molecule has 0 aliphatic heterocycles. The Morgan fingerprint density at radius 3 is 2.25 bits per heavy atom. The summed E-state index contributed by atoms with van der Waals surface area (Å²) in [5.74, 6) is -1.83. The number of aryl methyl sites for hydroxylation is 2. The molecule has 0 saturated heterocycles. The van der Waals surface area contributed by atoms with Gasteiger partial charge in [-0.25, -0.2) is 0 Å². The van der Waals surface area contributed by atoms with Crippen LogP contribution in [-0.4, -0.2) is 21.6 Å². The normalized spacial score (nSPS) is 11.6. The van der Waals surface area contributed by atoms with Crippen molar-refractivity contribution >= 4 is 17.6 Å². The topological polar surface area (TPSA) is 71.3 Å². The average molecular weight is 501 g/mol. The molecule has 0 bridgehead atoms. The number of nitrogens with one attached hydrogen (secondary N) is 1. The van der Waals surface area contributed by atoms with E-state index in [2.05, 4.69) is 17.4 Å². The van der Waals surface area contributed by atoms with Crippen LogP contribution in [0.2, 0.25) is 0 Å². The number of halogens is 3. The molecule has 0 fully saturated rings. The number of carbonyl (C=O) groups is 2. The van der Waals surface area contributed by atoms with Gasteiger partial charge in [-0.05, 0) is 67.5 Å². The number of hydrogen-bond donors (Lipinski definition) is 2. The lowest BCUT2D eigenvalue weighted by Gasteiger charge is -2.22. The third-order valence-corrected chi connectivity index (χ3v) is 6.28. The molecule has 0 atom stereocenters. The first-order chi connectivity index (χ1) is 17.1. The van der Waals surface area contributed by atoms with Gasteiger partial charge in [0.1, 0.15) is 5.69 Å². The molecular weight excluding hydrogens is 469 g/mol. The van der Waals surface area contributed by atoms with E-state index in [1.54, 1.807) is 6.07 Å². The van der Waals surface area contributed by atoms with Crippen molar-refractivity contribution in [1.29, 1.82) is 0 Å². The molecule has 36 heavy (non-hydrogen) atoms. The minimum Gasteiger partial charge on any atom is -0.481 e. The van der Waals surface area contributed by atoms with Crippen LogP contribution in [0.4, 0.5) is 18.9 Å². The fraction of sp³-hybridized carbons (Fsp3) is 0.357. The Morgan fingerprint density at radius 1 is 0.944 bits per heavy atom. The summed E-state index contributed by atoms with van der Waals surface area (Å²) in [7, 11) is 0. The maximum atomic E-state index is 13.6. The lowest BCUT2D eigenvalue weighted by Crippen LogP contribution is -2.23. The van der Waals surface area contributed by atoms with Crippen molar-refractivity contribution in [3.8, 4) is 0 Å². The molecule has 0 aliphatic carbocycles. The van der Waals surface area contributed by atoms with Crippen molar-refractivity contribution in [2.24, 2.45) is 0 Å². The van der Waals surface area contributed by atoms with Crippen molar-refractivity contribution in [3.05, 3.63) is 88.7 Å². The number of amides is 1. The molecule has 0 unspecified atom stereocenters. The number of nitrogens with zero attached hydrogens (tertiary/aromatic N) is 1. The number of carbonyl (C=O) groups excluding carboxylic acids is 1. The van der Waals surface area contributed by atoms with Gasteiger partial charge >= 0.3 is 12.1 Å². The molecule has 1 amide bonds. The molecule has 3 rings (SSSR count). The van der Waals surface area contributed by atoms with Crippen LogP contribution in [0.15, 0.2) is 60.7 Å². The van der Waals surface area contributed by atoms with Crippen molar-refractivity contribution in [3.63, 3.8) is 0 Å². The maximum Gasteiger partial charge on any atom is 0.418 e. The van der Waals surface area contributed by atoms with E-state index in [4.69, 9.17) is 5.11 Å². The minimum atomic E-state index is -4.70. The van der Waals surface area contributed by atoms with Gasteiger partial charge in [-0.15, -0.1) is 0 Å². The Bertz CT molecular complexity index is 1180. The lowest BCUT2D eigenvalue weighted by molar-refractivity contribution is -0.137. The first kappa shape index (κ1) is 27.0. The van der Waals surface area contributed by atoms with Crippen LogP contribution < -0.4 is 5.32 Å². The fourth-order valence-corrected chi connectivity index (χ4v) is 4.50. The summed E-state index contributed by atoms with van der Waals surface area (Å²) in [6.45, 7) is 4.03. The van der Waals surface area contributed by atoms with Gasteiger partial charge in [0.15, 0.2) is 0 Å². The molecule has 3 aromatic rings. The number of alkyl halides is 3. The van der Waals surface area contributed by atoms with Crippen LogP contribution in [-0.2, 0) is 30.2 Å². The molecule has 0 spiro atoms. The first-order valence-corrected chi connectivity index (χ1v) is 12.1. The number of aromatic nitrogens is 1. The number of hydrogen-bond acceptors (Lipinski definition) is 2. The van der Waals surface area contributed by atoms with E-state index in [9.17, 15) is 22.8 Å². The molecule has 192 valence electrons. The summed E-state index contributed by atoms with van der Waals surface area (Å²) in [5.41, 5.74) is 1.17. The van der Waals surface area contributed by atoms with E-state index in [0.29, 0.717) is 0 Å². The van der Waals surface area contributed by atoms with E-state index >= 15 is 0 Å². The third kappa shape index (κ3) is 6.77. The summed E-state index contributed by atoms with van der Waals surface area (Å²) in [5, 5.41) is 11.4. The van der Waals surface area contributed by atoms with E-state index in [1.165, 1.54) is 5.56 Å². The number of benzene rings is 2. The van der Waals surface area contributed by atoms with Crippen LogP contribution >= 0.6 is 0 Å². The monoisotopic (exact) mass is 500 g/mol. The zero-order valence-corrected chi connectivity index (χ0v) is 20.4. The Labute approximate surface area is 209 Å². The highest BCUT2D eigenvalue weighted by Gasteiger charge is 2.34. The molecule has 0 saturated carbocycles. The Hall–Kier alpha value is -3.55. The van der Waals surface area contributed by atoms with Crippen LogP contribution in [0.3, 0.4) is 0 Å². The van der Waals surface area contributed by atoms with Crippen molar-refractivity contribution in [2.45, 2.75) is 64.6 Å². The van der Waals surface area contributed by atoms with Gasteiger partial charge in [0.25, 0.3) is 5.91 Å². The predicted octanol–water partition coefficient (Wildman–Crippen LogP) is 6.92. The number of carboxylic acid groups (broad SMARTS) is 1. The second-order valence-corrected chi connectivity index (χ2v) is 8.79. The van der Waals surface area contributed by atoms with Crippen molar-refractivity contribution in [1.82, 2.24) is 4.57 Å². The minimum absolute atomic E-state index is 0.0212. The number of carboxylic acids is 1. The molecule has 0 radical (unpaired) electrons. The van der Waals surface area contributed by atoms with Gasteiger partial charge < -0.3 is 15.0 Å². The van der Waals surface area contributed by atoms with Crippen LogP contribution in [0.25, 0.3) is 0 Å². The van der Waals surface area contributed by atoms with Crippen molar-refractivity contribution < 1.29 is 27.9 Å². The lowest BCUT2D eigenvalue weighted by atomic mass is 10.1. The van der Waals surface area contributed by atoms with E-state index in [1.807, 2.05) is 42.7 Å². The first-order valence-electron chi connectivity index (χ1n) is 12.1. The van der Waals surface area contributed by atoms with Crippen LogP contribution in [0.5, 0.6) is 0 Å². The highest BCUT2D eigenvalue weighted by atomic mass is 19.4. The number of rotatable bonds is 11. The zero-order chi connectivity index (χ0) is 26.3. The summed E-state index contributed by atoms with van der Waals surface area (Å²) >= 11 is 0. The molecule has 1 aromatic heterocycles. The molecule has 2 N–H and O–H groups in total. The van der Waals surface area contributed by atoms with Gasteiger partial charge in [0.05, 0.1) is 17.7 Å². The third-order valence-electron chi connectivity index (χ3n) is 6.28. The molecule has 2 aromatic carbocycles. The SMILES string of the molecule is CCC(CC)n1c(CCCc2ccccc2)ccc1C(=O)Nc1cc(CC(=O)O)ccc1C(F)(F)F. The summed E-state index contributed by atoms with van der Waals surface area (Å²) in [6.07, 6.45) is -1.16. The molecule has 1 heterocycles. The molecule has 0 aliphatic rings. The summed E-state index contributed by atoms with van der Waals surface area (Å²) < 4.78 is 42.8. The molecule has 8 heteroatoms. The average Bonchev–Trinajstić information content (AvgIpc) is 3.23. The zero-order valence-electron chi connectivity index (χ0n) is 20.4. The standard InChI is InChI=1S/C28H31F3N2O3/c1-3-21(4-2)33-22(12-8-11-19-9-6-5-7-10-19)14-16-25(33)27(36)32-24-17-20(18-26(34)35)13-15-23(24)28(29,30)31/h5-7,9-10,13-17,21H,3-4,8,11-12,18H2,1-2H3,(H,32,36)(H,34,35). The molecular formula is C28H31F3N2O3. The second kappa shape index (κ2) is 11.9. The van der Waals surface area contributed by atoms with Crippen molar-refractivity contribution in [2.75, 3.05) is 5.32 Å². The van der Waals surface area contributed by atoms with Gasteiger partial charge in [-0.2, -0.15) is 13.2 Å². The maximum absolute atomic E-state index is 13.6. The molecule has 5 nitrogen and oxygen atoms in total. The predicted molar refractivity (Wildman–Crippen MR) is 133 cm³/mol. The fourth-order valence-electron chi connectivity index (χ4n) is 4.50. The summed E-state index contributed by atoms with van der Waals surface area (Å²) in [4.78, 5) is 24.3. The Balaban J connectivity index is 1.90. The van der Waals surface area contributed by atoms with Crippen LogP contribution in [0.1, 0.15) is 72.0 Å². The van der Waals surface area contributed by atoms with Crippen LogP contribution in [0, 0.1) is 0 Å². The highest BCUT2D eigenvalue weighted by molar-refractivity contribution is 6.04. The number of aliphatic carboxylic acids is 1. The van der Waals surface area contributed by atoms with Gasteiger partial charge in [-0.3, -0.25) is 9.59 Å². The van der Waals surface area contributed by atoms with E-state index in [-0.39, 0.29) is 17.3 Å². The second-order valence-electron chi connectivity index (χ2n) is 8.79. The van der Waals surface area contributed by atoms with E-state index in [0.717, 1.165) is 56.0 Å². The van der Waals surface area contributed by atoms with E-state index < -0.39 is 35.7 Å². The Morgan fingerprint density at radius 2 is 1.64 bits per heavy atom. The van der Waals surface area contributed by atoms with Gasteiger partial charge in [0.2, 0.25) is 0 Å². The van der Waals surface area contributed by atoms with Gasteiger partial charge in [0, 0.05) is 11.7 Å².